The van der Waals surface area contributed by atoms with Crippen LogP contribution in [-0.2, 0) is 13.6 Å². The molecule has 6 heteroatoms. The van der Waals surface area contributed by atoms with Crippen molar-refractivity contribution in [1.29, 1.82) is 0 Å². The van der Waals surface area contributed by atoms with Gasteiger partial charge in [0.2, 0.25) is 0 Å². The summed E-state index contributed by atoms with van der Waals surface area (Å²) in [5.41, 5.74) is 5.72. The maximum absolute atomic E-state index is 12.2. The van der Waals surface area contributed by atoms with Crippen molar-refractivity contribution in [3.05, 3.63) is 20.8 Å². The van der Waals surface area contributed by atoms with Crippen LogP contribution in [-0.4, -0.2) is 15.7 Å². The van der Waals surface area contributed by atoms with Gasteiger partial charge in [0.05, 0.1) is 0 Å². The molecular weight excluding hydrogens is 268 g/mol. The van der Waals surface area contributed by atoms with Crippen molar-refractivity contribution in [3.8, 4) is 0 Å². The molecule has 1 saturated carbocycles. The van der Waals surface area contributed by atoms with Crippen LogP contribution in [0.4, 0.5) is 11.5 Å². The standard InChI is InChI=1S/C15H26N4O2/c1-10(2)9-19-13(16)12(14(20)18(3)15(19)21)17-8-7-11-5-4-6-11/h10-11,17H,4-9,16H2,1-3H3. The number of hydrogen-bond acceptors (Lipinski definition) is 4. The minimum absolute atomic E-state index is 0.255. The predicted molar refractivity (Wildman–Crippen MR) is 85.6 cm³/mol. The molecule has 21 heavy (non-hydrogen) atoms. The zero-order chi connectivity index (χ0) is 15.6. The molecule has 1 aromatic rings. The maximum Gasteiger partial charge on any atom is 0.332 e. The Labute approximate surface area is 125 Å². The number of nitrogens with one attached hydrogen (secondary N) is 1. The first-order chi connectivity index (χ1) is 9.91. The monoisotopic (exact) mass is 294 g/mol. The summed E-state index contributed by atoms with van der Waals surface area (Å²) in [6, 6.07) is 0. The Morgan fingerprint density at radius 2 is 2.00 bits per heavy atom. The number of anilines is 2. The Kier molecular flexibility index (Phi) is 4.75. The SMILES string of the molecule is CC(C)Cn1c(N)c(NCCC2CCC2)c(=O)n(C)c1=O. The second-order valence-corrected chi connectivity index (χ2v) is 6.42. The van der Waals surface area contributed by atoms with E-state index in [4.69, 9.17) is 5.73 Å². The molecule has 3 N–H and O–H groups in total. The van der Waals surface area contributed by atoms with Crippen LogP contribution >= 0.6 is 0 Å². The van der Waals surface area contributed by atoms with Crippen molar-refractivity contribution in [2.45, 2.75) is 46.1 Å². The number of nitrogens with zero attached hydrogens (tertiary/aromatic N) is 2. The fourth-order valence-electron chi connectivity index (χ4n) is 2.67. The first-order valence-corrected chi connectivity index (χ1v) is 7.75. The van der Waals surface area contributed by atoms with E-state index in [0.29, 0.717) is 12.2 Å². The molecule has 1 fully saturated rings. The van der Waals surface area contributed by atoms with Crippen LogP contribution in [0.25, 0.3) is 0 Å². The third-order valence-corrected chi connectivity index (χ3v) is 4.21. The van der Waals surface area contributed by atoms with Crippen LogP contribution in [0.1, 0.15) is 39.5 Å². The second kappa shape index (κ2) is 6.37. The number of nitrogens with two attached hydrogens (primary N) is 1. The highest BCUT2D eigenvalue weighted by molar-refractivity contribution is 5.60. The van der Waals surface area contributed by atoms with Gasteiger partial charge < -0.3 is 11.1 Å². The third kappa shape index (κ3) is 3.31. The Balaban J connectivity index is 2.24. The quantitative estimate of drug-likeness (QED) is 0.830. The van der Waals surface area contributed by atoms with Crippen LogP contribution in [0.2, 0.25) is 0 Å². The summed E-state index contributed by atoms with van der Waals surface area (Å²) in [5, 5.41) is 3.14. The molecule has 0 atom stereocenters. The largest absolute Gasteiger partial charge is 0.383 e. The van der Waals surface area contributed by atoms with Crippen LogP contribution < -0.4 is 22.3 Å². The van der Waals surface area contributed by atoms with Gasteiger partial charge in [-0.3, -0.25) is 13.9 Å². The van der Waals surface area contributed by atoms with Gasteiger partial charge in [0, 0.05) is 20.1 Å². The molecule has 118 valence electrons. The molecular formula is C15H26N4O2. The highest BCUT2D eigenvalue weighted by atomic mass is 16.2. The highest BCUT2D eigenvalue weighted by Gasteiger charge is 2.19. The lowest BCUT2D eigenvalue weighted by Gasteiger charge is -2.25. The zero-order valence-corrected chi connectivity index (χ0v) is 13.2. The molecule has 0 aromatic carbocycles. The zero-order valence-electron chi connectivity index (χ0n) is 13.2. The minimum atomic E-state index is -0.351. The van der Waals surface area contributed by atoms with Gasteiger partial charge in [0.1, 0.15) is 11.5 Å². The van der Waals surface area contributed by atoms with Crippen LogP contribution in [0.5, 0.6) is 0 Å². The average molecular weight is 294 g/mol. The maximum atomic E-state index is 12.2. The minimum Gasteiger partial charge on any atom is -0.383 e. The van der Waals surface area contributed by atoms with E-state index in [-0.39, 0.29) is 23.0 Å². The van der Waals surface area contributed by atoms with Gasteiger partial charge in [0.25, 0.3) is 5.56 Å². The highest BCUT2D eigenvalue weighted by Crippen LogP contribution is 2.29. The molecule has 0 unspecified atom stereocenters. The first-order valence-electron chi connectivity index (χ1n) is 7.75. The summed E-state index contributed by atoms with van der Waals surface area (Å²) in [5.74, 6) is 1.31. The van der Waals surface area contributed by atoms with Crippen LogP contribution in [0, 0.1) is 11.8 Å². The fraction of sp³-hybridized carbons (Fsp3) is 0.733. The number of rotatable bonds is 6. The lowest BCUT2D eigenvalue weighted by molar-refractivity contribution is 0.303. The van der Waals surface area contributed by atoms with Crippen molar-refractivity contribution >= 4 is 11.5 Å². The van der Waals surface area contributed by atoms with Gasteiger partial charge in [-0.15, -0.1) is 0 Å². The van der Waals surface area contributed by atoms with E-state index in [9.17, 15) is 9.59 Å². The summed E-state index contributed by atoms with van der Waals surface area (Å²) in [6.45, 7) is 5.27. The summed E-state index contributed by atoms with van der Waals surface area (Å²) < 4.78 is 2.61. The Morgan fingerprint density at radius 3 is 2.52 bits per heavy atom. The summed E-state index contributed by atoms with van der Waals surface area (Å²) in [7, 11) is 1.50. The lowest BCUT2D eigenvalue weighted by Crippen LogP contribution is -2.41. The van der Waals surface area contributed by atoms with E-state index in [1.165, 1.54) is 30.9 Å². The Bertz CT molecular complexity index is 611. The number of hydrogen-bond donors (Lipinski definition) is 2. The smallest absolute Gasteiger partial charge is 0.332 e. The van der Waals surface area contributed by atoms with E-state index in [1.807, 2.05) is 13.8 Å². The molecule has 0 amide bonds. The van der Waals surface area contributed by atoms with E-state index in [0.717, 1.165) is 23.5 Å². The molecule has 0 saturated heterocycles. The lowest BCUT2D eigenvalue weighted by atomic mass is 9.83. The molecule has 0 spiro atoms. The molecule has 2 rings (SSSR count). The van der Waals surface area contributed by atoms with E-state index < -0.39 is 0 Å². The third-order valence-electron chi connectivity index (χ3n) is 4.21. The van der Waals surface area contributed by atoms with E-state index in [2.05, 4.69) is 5.32 Å². The van der Waals surface area contributed by atoms with E-state index in [1.54, 1.807) is 0 Å². The van der Waals surface area contributed by atoms with E-state index >= 15 is 0 Å². The average Bonchev–Trinajstić information content (AvgIpc) is 2.38. The van der Waals surface area contributed by atoms with Gasteiger partial charge >= 0.3 is 5.69 Å². The van der Waals surface area contributed by atoms with Crippen molar-refractivity contribution < 1.29 is 0 Å². The number of nitrogen functional groups attached to an aromatic ring is 1. The molecule has 1 aromatic heterocycles. The summed E-state index contributed by atoms with van der Waals surface area (Å²) in [6.07, 6.45) is 4.92. The molecule has 0 radical (unpaired) electrons. The van der Waals surface area contributed by atoms with Crippen molar-refractivity contribution in [1.82, 2.24) is 9.13 Å². The Hall–Kier alpha value is -1.72. The van der Waals surface area contributed by atoms with Crippen LogP contribution in [0.15, 0.2) is 9.59 Å². The Morgan fingerprint density at radius 1 is 1.33 bits per heavy atom. The molecule has 1 aliphatic carbocycles. The second-order valence-electron chi connectivity index (χ2n) is 6.42. The first kappa shape index (κ1) is 15.7. The summed E-state index contributed by atoms with van der Waals surface area (Å²) >= 11 is 0. The van der Waals surface area contributed by atoms with Gasteiger partial charge in [-0.1, -0.05) is 33.1 Å². The normalized spacial score (nSPS) is 15.2. The fourth-order valence-corrected chi connectivity index (χ4v) is 2.67. The predicted octanol–water partition coefficient (Wildman–Crippen LogP) is 1.39. The molecule has 6 nitrogen and oxygen atoms in total. The van der Waals surface area contributed by atoms with Crippen LogP contribution in [0.3, 0.4) is 0 Å². The molecule has 0 bridgehead atoms. The van der Waals surface area contributed by atoms with Gasteiger partial charge in [-0.2, -0.15) is 0 Å². The topological polar surface area (TPSA) is 82.0 Å². The van der Waals surface area contributed by atoms with Gasteiger partial charge in [-0.25, -0.2) is 4.79 Å². The molecule has 1 heterocycles. The van der Waals surface area contributed by atoms with Gasteiger partial charge in [0.15, 0.2) is 0 Å². The molecule has 1 aliphatic rings. The van der Waals surface area contributed by atoms with Gasteiger partial charge in [-0.05, 0) is 18.3 Å². The van der Waals surface area contributed by atoms with Crippen molar-refractivity contribution in [3.63, 3.8) is 0 Å². The van der Waals surface area contributed by atoms with Crippen molar-refractivity contribution in [2.24, 2.45) is 18.9 Å². The van der Waals surface area contributed by atoms with Crippen molar-refractivity contribution in [2.75, 3.05) is 17.6 Å². The number of aromatic nitrogens is 2. The molecule has 0 aliphatic heterocycles. The summed E-state index contributed by atoms with van der Waals surface area (Å²) in [4.78, 5) is 24.4.